The molecule has 1 aromatic carbocycles. The van der Waals surface area contributed by atoms with Gasteiger partial charge >= 0.3 is 11.9 Å². The Morgan fingerprint density at radius 3 is 2.02 bits per heavy atom. The Labute approximate surface area is 299 Å². The van der Waals surface area contributed by atoms with Crippen LogP contribution in [0, 0.1) is 5.92 Å². The van der Waals surface area contributed by atoms with E-state index in [2.05, 4.69) is 79.7 Å². The third-order valence-corrected chi connectivity index (χ3v) is 9.77. The molecule has 276 valence electrons. The molecule has 1 fully saturated rings. The molecule has 0 saturated heterocycles. The molecule has 50 heavy (non-hydrogen) atoms. The van der Waals surface area contributed by atoms with Crippen LogP contribution in [0.2, 0.25) is 0 Å². The van der Waals surface area contributed by atoms with Crippen molar-refractivity contribution in [1.29, 1.82) is 0 Å². The standard InChI is InChI=1S/C39H61N7O4/c1-4-23-44(24-5-2)25-8-9-26-45(27-18-38(48)50-31-49-37(47)17-16-33-10-6-7-11-33)28-34-12-14-35(15-13-34)29-46(30-36-40-19-20-41-36)32(3)39-42-21-22-43-39/h12-15,19-22,32-33H,4-11,16-18,23-31H2,1-3H3,(H,40,41)(H,42,43). The quantitative estimate of drug-likeness (QED) is 0.0550. The van der Waals surface area contributed by atoms with Crippen LogP contribution < -0.4 is 0 Å². The zero-order valence-corrected chi connectivity index (χ0v) is 30.8. The molecule has 2 N–H and O–H groups in total. The summed E-state index contributed by atoms with van der Waals surface area (Å²) in [5.41, 5.74) is 2.41. The molecule has 3 aromatic rings. The maximum absolute atomic E-state index is 12.6. The predicted molar refractivity (Wildman–Crippen MR) is 196 cm³/mol. The predicted octanol–water partition coefficient (Wildman–Crippen LogP) is 7.00. The first-order valence-corrected chi connectivity index (χ1v) is 19.0. The lowest BCUT2D eigenvalue weighted by atomic mass is 10.0. The van der Waals surface area contributed by atoms with Gasteiger partial charge in [0, 0.05) is 50.8 Å². The third kappa shape index (κ3) is 14.4. The lowest BCUT2D eigenvalue weighted by molar-refractivity contribution is -0.167. The number of aromatic nitrogens is 4. The van der Waals surface area contributed by atoms with Crippen molar-refractivity contribution in [3.63, 3.8) is 0 Å². The van der Waals surface area contributed by atoms with Gasteiger partial charge in [0.25, 0.3) is 0 Å². The average molecular weight is 692 g/mol. The lowest BCUT2D eigenvalue weighted by Gasteiger charge is -2.27. The van der Waals surface area contributed by atoms with Crippen LogP contribution in [0.3, 0.4) is 0 Å². The fourth-order valence-electron chi connectivity index (χ4n) is 6.91. The summed E-state index contributed by atoms with van der Waals surface area (Å²) in [4.78, 5) is 47.5. The van der Waals surface area contributed by atoms with Crippen molar-refractivity contribution < 1.29 is 19.1 Å². The molecule has 0 radical (unpaired) electrons. The number of esters is 2. The summed E-state index contributed by atoms with van der Waals surface area (Å²) in [5, 5.41) is 0. The number of carbonyl (C=O) groups excluding carboxylic acids is 2. The number of H-pyrrole nitrogens is 2. The van der Waals surface area contributed by atoms with Crippen LogP contribution in [0.25, 0.3) is 0 Å². The molecule has 4 rings (SSSR count). The normalized spacial score (nSPS) is 14.2. The van der Waals surface area contributed by atoms with E-state index >= 15 is 0 Å². The number of benzene rings is 1. The number of hydrogen-bond donors (Lipinski definition) is 2. The van der Waals surface area contributed by atoms with Crippen LogP contribution in [0.4, 0.5) is 0 Å². The summed E-state index contributed by atoms with van der Waals surface area (Å²) in [6.07, 6.45) is 18.2. The van der Waals surface area contributed by atoms with Crippen LogP contribution in [0.1, 0.15) is 120 Å². The van der Waals surface area contributed by atoms with Gasteiger partial charge in [-0.05, 0) is 82.3 Å². The van der Waals surface area contributed by atoms with Gasteiger partial charge in [-0.15, -0.1) is 0 Å². The van der Waals surface area contributed by atoms with E-state index in [0.717, 1.165) is 70.2 Å². The van der Waals surface area contributed by atoms with Crippen LogP contribution in [-0.2, 0) is 38.7 Å². The Kier molecular flexibility index (Phi) is 17.5. The van der Waals surface area contributed by atoms with E-state index in [0.29, 0.717) is 25.4 Å². The van der Waals surface area contributed by atoms with Crippen molar-refractivity contribution in [2.45, 2.75) is 117 Å². The summed E-state index contributed by atoms with van der Waals surface area (Å²) >= 11 is 0. The van der Waals surface area contributed by atoms with E-state index in [1.807, 2.05) is 12.4 Å². The number of nitrogens with one attached hydrogen (secondary N) is 2. The van der Waals surface area contributed by atoms with Gasteiger partial charge in [-0.25, -0.2) is 9.97 Å². The minimum absolute atomic E-state index is 0.0797. The maximum atomic E-state index is 12.6. The van der Waals surface area contributed by atoms with Gasteiger partial charge in [0.1, 0.15) is 11.6 Å². The highest BCUT2D eigenvalue weighted by molar-refractivity contribution is 5.71. The molecule has 1 saturated carbocycles. The molecule has 11 nitrogen and oxygen atoms in total. The molecule has 1 unspecified atom stereocenters. The van der Waals surface area contributed by atoms with Crippen LogP contribution >= 0.6 is 0 Å². The van der Waals surface area contributed by atoms with Gasteiger partial charge in [-0.2, -0.15) is 0 Å². The van der Waals surface area contributed by atoms with E-state index in [-0.39, 0.29) is 31.2 Å². The molecule has 2 heterocycles. The third-order valence-electron chi connectivity index (χ3n) is 9.77. The van der Waals surface area contributed by atoms with Gasteiger partial charge in [0.15, 0.2) is 0 Å². The molecule has 2 aromatic heterocycles. The van der Waals surface area contributed by atoms with Crippen molar-refractivity contribution in [1.82, 2.24) is 34.6 Å². The maximum Gasteiger partial charge on any atom is 0.309 e. The number of carbonyl (C=O) groups is 2. The summed E-state index contributed by atoms with van der Waals surface area (Å²) in [7, 11) is 0. The number of hydrogen-bond acceptors (Lipinski definition) is 9. The Morgan fingerprint density at radius 1 is 0.780 bits per heavy atom. The van der Waals surface area contributed by atoms with Crippen molar-refractivity contribution in [3.05, 3.63) is 71.8 Å². The van der Waals surface area contributed by atoms with Crippen LogP contribution in [0.5, 0.6) is 0 Å². The number of nitrogens with zero attached hydrogens (tertiary/aromatic N) is 5. The Balaban J connectivity index is 1.29. The zero-order chi connectivity index (χ0) is 35.4. The Hall–Kier alpha value is -3.54. The van der Waals surface area contributed by atoms with E-state index in [9.17, 15) is 9.59 Å². The minimum atomic E-state index is -0.340. The van der Waals surface area contributed by atoms with E-state index in [4.69, 9.17) is 9.47 Å². The number of imidazole rings is 2. The van der Waals surface area contributed by atoms with Crippen molar-refractivity contribution in [2.24, 2.45) is 5.92 Å². The summed E-state index contributed by atoms with van der Waals surface area (Å²) in [5.74, 6) is 1.85. The molecule has 11 heteroatoms. The van der Waals surface area contributed by atoms with Gasteiger partial charge in [0.05, 0.1) is 19.0 Å². The van der Waals surface area contributed by atoms with Crippen LogP contribution in [0.15, 0.2) is 49.1 Å². The molecule has 0 aliphatic heterocycles. The van der Waals surface area contributed by atoms with E-state index in [1.165, 1.54) is 49.7 Å². The first kappa shape index (κ1) is 39.2. The van der Waals surface area contributed by atoms with Gasteiger partial charge in [0.2, 0.25) is 6.79 Å². The minimum Gasteiger partial charge on any atom is -0.428 e. The first-order valence-electron chi connectivity index (χ1n) is 19.0. The van der Waals surface area contributed by atoms with Crippen molar-refractivity contribution >= 4 is 11.9 Å². The fourth-order valence-corrected chi connectivity index (χ4v) is 6.91. The van der Waals surface area contributed by atoms with E-state index < -0.39 is 0 Å². The topological polar surface area (TPSA) is 120 Å². The molecule has 0 amide bonds. The molecule has 1 atom stereocenters. The Bertz CT molecular complexity index is 1320. The van der Waals surface area contributed by atoms with Crippen molar-refractivity contribution in [3.8, 4) is 0 Å². The second-order valence-electron chi connectivity index (χ2n) is 13.8. The highest BCUT2D eigenvalue weighted by Crippen LogP contribution is 2.28. The summed E-state index contributed by atoms with van der Waals surface area (Å²) in [6, 6.07) is 8.85. The molecule has 0 bridgehead atoms. The number of rotatable bonds is 25. The number of ether oxygens (including phenoxy) is 2. The summed E-state index contributed by atoms with van der Waals surface area (Å²) < 4.78 is 10.5. The fraction of sp³-hybridized carbons (Fsp3) is 0.641. The number of unbranched alkanes of at least 4 members (excludes halogenated alkanes) is 1. The monoisotopic (exact) mass is 691 g/mol. The number of aromatic amines is 2. The van der Waals surface area contributed by atoms with Gasteiger partial charge in [-0.3, -0.25) is 19.4 Å². The second-order valence-corrected chi connectivity index (χ2v) is 13.8. The van der Waals surface area contributed by atoms with Gasteiger partial charge < -0.3 is 24.3 Å². The largest absolute Gasteiger partial charge is 0.428 e. The molecular weight excluding hydrogens is 630 g/mol. The molecule has 1 aliphatic rings. The lowest BCUT2D eigenvalue weighted by Crippen LogP contribution is -2.30. The highest BCUT2D eigenvalue weighted by Gasteiger charge is 2.20. The summed E-state index contributed by atoms with van der Waals surface area (Å²) in [6.45, 7) is 13.4. The van der Waals surface area contributed by atoms with Gasteiger partial charge in [-0.1, -0.05) is 63.8 Å². The zero-order valence-electron chi connectivity index (χ0n) is 30.8. The second kappa shape index (κ2) is 22.3. The smallest absolute Gasteiger partial charge is 0.309 e. The SMILES string of the molecule is CCCN(CCC)CCCCN(CCC(=O)OCOC(=O)CCC1CCCC1)Cc1ccc(CN(Cc2ncc[nH]2)C(C)c2ncc[nH]2)cc1. The molecule has 0 spiro atoms. The Morgan fingerprint density at radius 2 is 1.40 bits per heavy atom. The molecular formula is C39H61N7O4. The van der Waals surface area contributed by atoms with E-state index in [1.54, 1.807) is 12.4 Å². The molecule has 1 aliphatic carbocycles. The van der Waals surface area contributed by atoms with Crippen molar-refractivity contribution in [2.75, 3.05) is 39.5 Å². The first-order chi connectivity index (χ1) is 24.4. The van der Waals surface area contributed by atoms with Crippen LogP contribution in [-0.4, -0.2) is 86.1 Å². The average Bonchev–Trinajstić information content (AvgIpc) is 3.93. The highest BCUT2D eigenvalue weighted by atomic mass is 16.7.